The van der Waals surface area contributed by atoms with Crippen LogP contribution in [0.5, 0.6) is 5.75 Å². The van der Waals surface area contributed by atoms with E-state index in [-0.39, 0.29) is 0 Å². The Morgan fingerprint density at radius 3 is 2.86 bits per heavy atom. The number of pyridine rings is 3. The second-order valence-electron chi connectivity index (χ2n) is 8.54. The monoisotopic (exact) mass is 481 g/mol. The van der Waals surface area contributed by atoms with Crippen LogP contribution < -0.4 is 4.74 Å². The molecule has 0 spiro atoms. The molecular formula is C26H23N7OS. The van der Waals surface area contributed by atoms with Crippen molar-refractivity contribution in [2.24, 2.45) is 0 Å². The van der Waals surface area contributed by atoms with Crippen LogP contribution >= 0.6 is 11.3 Å². The number of thiophene rings is 1. The van der Waals surface area contributed by atoms with Crippen LogP contribution in [0.15, 0.2) is 65.7 Å². The van der Waals surface area contributed by atoms with Gasteiger partial charge in [0.15, 0.2) is 0 Å². The van der Waals surface area contributed by atoms with Crippen molar-refractivity contribution in [3.05, 3.63) is 65.7 Å². The number of ether oxygens (including phenoxy) is 1. The summed E-state index contributed by atoms with van der Waals surface area (Å²) >= 11 is 1.68. The van der Waals surface area contributed by atoms with Gasteiger partial charge in [-0.15, -0.1) is 0 Å². The van der Waals surface area contributed by atoms with E-state index in [9.17, 15) is 0 Å². The summed E-state index contributed by atoms with van der Waals surface area (Å²) in [4.78, 5) is 19.3. The lowest BCUT2D eigenvalue weighted by Crippen LogP contribution is -2.19. The summed E-state index contributed by atoms with van der Waals surface area (Å²) in [7, 11) is 4.04. The molecule has 0 amide bonds. The van der Waals surface area contributed by atoms with Gasteiger partial charge in [0.2, 0.25) is 0 Å². The van der Waals surface area contributed by atoms with Gasteiger partial charge in [0, 0.05) is 29.9 Å². The van der Waals surface area contributed by atoms with Gasteiger partial charge in [-0.3, -0.25) is 10.1 Å². The number of nitrogens with zero attached hydrogens (tertiary/aromatic N) is 5. The van der Waals surface area contributed by atoms with Crippen molar-refractivity contribution in [3.63, 3.8) is 0 Å². The zero-order chi connectivity index (χ0) is 23.8. The molecule has 0 radical (unpaired) electrons. The summed E-state index contributed by atoms with van der Waals surface area (Å²) < 4.78 is 5.86. The Labute approximate surface area is 205 Å². The van der Waals surface area contributed by atoms with E-state index in [0.29, 0.717) is 6.61 Å². The molecule has 8 nitrogen and oxygen atoms in total. The van der Waals surface area contributed by atoms with E-state index >= 15 is 0 Å². The third-order valence-electron chi connectivity index (χ3n) is 5.84. The first-order valence-corrected chi connectivity index (χ1v) is 12.2. The molecule has 174 valence electrons. The van der Waals surface area contributed by atoms with Crippen molar-refractivity contribution >= 4 is 33.4 Å². The lowest BCUT2D eigenvalue weighted by atomic mass is 10.1. The van der Waals surface area contributed by atoms with E-state index in [2.05, 4.69) is 52.9 Å². The van der Waals surface area contributed by atoms with E-state index in [4.69, 9.17) is 9.72 Å². The number of rotatable bonds is 7. The molecule has 0 aliphatic carbocycles. The van der Waals surface area contributed by atoms with E-state index in [1.807, 2.05) is 44.6 Å². The van der Waals surface area contributed by atoms with Crippen molar-refractivity contribution in [3.8, 4) is 39.5 Å². The molecule has 0 saturated carbocycles. The third kappa shape index (κ3) is 4.16. The number of nitrogens with one attached hydrogen (secondary N) is 2. The molecule has 0 bridgehead atoms. The lowest BCUT2D eigenvalue weighted by molar-refractivity contribution is 0.261. The van der Waals surface area contributed by atoms with Gasteiger partial charge in [0.25, 0.3) is 0 Å². The van der Waals surface area contributed by atoms with Crippen molar-refractivity contribution in [1.29, 1.82) is 0 Å². The molecule has 0 aliphatic heterocycles. The van der Waals surface area contributed by atoms with Crippen LogP contribution in [0.1, 0.15) is 0 Å². The number of hydrogen-bond acceptors (Lipinski definition) is 7. The first kappa shape index (κ1) is 21.5. The smallest absolute Gasteiger partial charge is 0.138 e. The summed E-state index contributed by atoms with van der Waals surface area (Å²) in [5.74, 6) is 0.723. The zero-order valence-corrected chi connectivity index (χ0v) is 20.1. The molecule has 6 aromatic heterocycles. The molecule has 0 aliphatic rings. The molecule has 6 rings (SSSR count). The Hall–Kier alpha value is -4.08. The standard InChI is InChI=1S/C26H23N7OS/c1-33(2)8-9-34-18-11-17(13-27-14-18)21-3-4-22-24(29-21)25(32-31-22)23-12-20-19(16-6-10-35-15-16)5-7-28-26(20)30-23/h3-7,10-15H,8-9H2,1-2H3,(H,28,30)(H,31,32). The first-order chi connectivity index (χ1) is 17.2. The number of hydrogen-bond donors (Lipinski definition) is 2. The zero-order valence-electron chi connectivity index (χ0n) is 19.3. The minimum atomic E-state index is 0.596. The predicted octanol–water partition coefficient (Wildman–Crippen LogP) is 5.23. The molecule has 9 heteroatoms. The number of aromatic amines is 2. The molecule has 0 fully saturated rings. The van der Waals surface area contributed by atoms with Gasteiger partial charge in [-0.2, -0.15) is 16.4 Å². The van der Waals surface area contributed by atoms with Crippen LogP contribution in [0.3, 0.4) is 0 Å². The minimum absolute atomic E-state index is 0.596. The van der Waals surface area contributed by atoms with Crippen molar-refractivity contribution in [1.82, 2.24) is 35.0 Å². The number of aromatic nitrogens is 6. The maximum atomic E-state index is 5.86. The molecule has 0 aromatic carbocycles. The van der Waals surface area contributed by atoms with Crippen LogP contribution in [0, 0.1) is 0 Å². The molecule has 0 unspecified atom stereocenters. The highest BCUT2D eigenvalue weighted by Gasteiger charge is 2.16. The highest BCUT2D eigenvalue weighted by molar-refractivity contribution is 7.08. The van der Waals surface area contributed by atoms with Gasteiger partial charge in [-0.25, -0.2) is 9.97 Å². The van der Waals surface area contributed by atoms with Gasteiger partial charge in [-0.05, 0) is 72.4 Å². The third-order valence-corrected chi connectivity index (χ3v) is 6.53. The molecule has 2 N–H and O–H groups in total. The van der Waals surface area contributed by atoms with E-state index < -0.39 is 0 Å². The Morgan fingerprint density at radius 1 is 1.06 bits per heavy atom. The van der Waals surface area contributed by atoms with Crippen LogP contribution in [-0.4, -0.2) is 62.3 Å². The van der Waals surface area contributed by atoms with E-state index in [1.165, 1.54) is 5.56 Å². The lowest BCUT2D eigenvalue weighted by Gasteiger charge is -2.11. The second kappa shape index (κ2) is 8.94. The number of H-pyrrole nitrogens is 2. The summed E-state index contributed by atoms with van der Waals surface area (Å²) in [6.45, 7) is 1.43. The molecule has 0 saturated heterocycles. The van der Waals surface area contributed by atoms with Gasteiger partial charge in [-0.1, -0.05) is 0 Å². The normalized spacial score (nSPS) is 11.6. The molecule has 6 heterocycles. The highest BCUT2D eigenvalue weighted by Crippen LogP contribution is 2.34. The van der Waals surface area contributed by atoms with Gasteiger partial charge in [0.1, 0.15) is 29.2 Å². The van der Waals surface area contributed by atoms with Crippen LogP contribution in [0.2, 0.25) is 0 Å². The summed E-state index contributed by atoms with van der Waals surface area (Å²) in [6.07, 6.45) is 5.35. The maximum absolute atomic E-state index is 5.86. The summed E-state index contributed by atoms with van der Waals surface area (Å²) in [5.41, 5.74) is 8.10. The van der Waals surface area contributed by atoms with E-state index in [1.54, 1.807) is 23.7 Å². The summed E-state index contributed by atoms with van der Waals surface area (Å²) in [6, 6.07) is 12.2. The highest BCUT2D eigenvalue weighted by atomic mass is 32.1. The van der Waals surface area contributed by atoms with Crippen molar-refractivity contribution in [2.75, 3.05) is 27.2 Å². The average Bonchev–Trinajstić information content (AvgIpc) is 3.62. The molecule has 6 aromatic rings. The molecule has 0 atom stereocenters. The second-order valence-corrected chi connectivity index (χ2v) is 9.32. The Kier molecular flexibility index (Phi) is 5.48. The minimum Gasteiger partial charge on any atom is -0.491 e. The fourth-order valence-corrected chi connectivity index (χ4v) is 4.71. The Morgan fingerprint density at radius 2 is 2.00 bits per heavy atom. The average molecular weight is 482 g/mol. The number of likely N-dealkylation sites (N-methyl/N-ethyl adjacent to an activating group) is 1. The fraction of sp³-hybridized carbons (Fsp3) is 0.154. The van der Waals surface area contributed by atoms with Crippen LogP contribution in [0.4, 0.5) is 0 Å². The molecule has 35 heavy (non-hydrogen) atoms. The van der Waals surface area contributed by atoms with Gasteiger partial charge < -0.3 is 14.6 Å². The summed E-state index contributed by atoms with van der Waals surface area (Å²) in [5, 5.41) is 13.0. The van der Waals surface area contributed by atoms with Gasteiger partial charge >= 0.3 is 0 Å². The largest absolute Gasteiger partial charge is 0.491 e. The van der Waals surface area contributed by atoms with E-state index in [0.717, 1.165) is 62.6 Å². The van der Waals surface area contributed by atoms with Crippen molar-refractivity contribution < 1.29 is 4.74 Å². The number of fused-ring (bicyclic) bond motifs is 2. The van der Waals surface area contributed by atoms with Crippen LogP contribution in [0.25, 0.3) is 55.8 Å². The topological polar surface area (TPSA) is 95.6 Å². The molecular weight excluding hydrogens is 458 g/mol. The Bertz CT molecular complexity index is 1620. The van der Waals surface area contributed by atoms with Gasteiger partial charge in [0.05, 0.1) is 23.1 Å². The predicted molar refractivity (Wildman–Crippen MR) is 140 cm³/mol. The van der Waals surface area contributed by atoms with Crippen LogP contribution in [-0.2, 0) is 0 Å². The SMILES string of the molecule is CN(C)CCOc1cncc(-c2ccc3[nH]nc(-c4cc5c(-c6ccsc6)ccnc5[nH]4)c3n2)c1. The fourth-order valence-electron chi connectivity index (χ4n) is 4.06. The Balaban J connectivity index is 1.38. The van der Waals surface area contributed by atoms with Crippen molar-refractivity contribution in [2.45, 2.75) is 0 Å². The first-order valence-electron chi connectivity index (χ1n) is 11.2. The quantitative estimate of drug-likeness (QED) is 0.324. The maximum Gasteiger partial charge on any atom is 0.138 e.